The molecular weight excluding hydrogens is 514 g/mol. The topological polar surface area (TPSA) is 63.1 Å². The first-order valence-corrected chi connectivity index (χ1v) is 14.2. The Balaban J connectivity index is 1.56. The number of carbonyl (C=O) groups is 1. The number of rotatable bonds is 12. The number of amides is 2. The summed E-state index contributed by atoms with van der Waals surface area (Å²) in [7, 11) is 5.78. The molecule has 2 aromatic heterocycles. The summed E-state index contributed by atoms with van der Waals surface area (Å²) in [6.45, 7) is 9.72. The number of pyridine rings is 1. The Bertz CT molecular complexity index is 1290. The van der Waals surface area contributed by atoms with E-state index in [0.717, 1.165) is 54.5 Å². The minimum absolute atomic E-state index is 0.0300. The van der Waals surface area contributed by atoms with E-state index < -0.39 is 0 Å². The second-order valence-corrected chi connectivity index (χ2v) is 11.5. The van der Waals surface area contributed by atoms with E-state index in [1.165, 1.54) is 0 Å². The van der Waals surface area contributed by atoms with Crippen LogP contribution in [0.1, 0.15) is 52.0 Å². The third-order valence-corrected chi connectivity index (χ3v) is 7.99. The highest BCUT2D eigenvalue weighted by molar-refractivity contribution is 6.35. The van der Waals surface area contributed by atoms with Crippen molar-refractivity contribution in [3.05, 3.63) is 47.2 Å². The van der Waals surface area contributed by atoms with Gasteiger partial charge in [-0.2, -0.15) is 0 Å². The summed E-state index contributed by atoms with van der Waals surface area (Å²) < 4.78 is 13.7. The van der Waals surface area contributed by atoms with Crippen molar-refractivity contribution in [3.8, 4) is 11.5 Å². The molecule has 0 saturated carbocycles. The fourth-order valence-corrected chi connectivity index (χ4v) is 5.22. The molecule has 1 fully saturated rings. The van der Waals surface area contributed by atoms with E-state index >= 15 is 0 Å². The van der Waals surface area contributed by atoms with Crippen LogP contribution in [0.4, 0.5) is 10.5 Å². The molecule has 0 unspecified atom stereocenters. The first-order chi connectivity index (χ1) is 18.7. The van der Waals surface area contributed by atoms with Crippen LogP contribution in [0.15, 0.2) is 36.7 Å². The van der Waals surface area contributed by atoms with Crippen molar-refractivity contribution >= 4 is 34.4 Å². The Morgan fingerprint density at radius 2 is 1.92 bits per heavy atom. The second-order valence-electron chi connectivity index (χ2n) is 11.1. The number of halogens is 1. The van der Waals surface area contributed by atoms with Gasteiger partial charge in [0.1, 0.15) is 5.65 Å². The molecule has 0 bridgehead atoms. The maximum Gasteiger partial charge on any atom is 0.324 e. The first-order valence-electron chi connectivity index (χ1n) is 13.8. The smallest absolute Gasteiger partial charge is 0.324 e. The molecule has 1 aromatic carbocycles. The zero-order chi connectivity index (χ0) is 28.2. The van der Waals surface area contributed by atoms with Gasteiger partial charge in [0, 0.05) is 61.3 Å². The summed E-state index contributed by atoms with van der Waals surface area (Å²) in [6, 6.07) is 7.66. The van der Waals surface area contributed by atoms with E-state index in [-0.39, 0.29) is 11.6 Å². The molecule has 0 spiro atoms. The monoisotopic (exact) mass is 555 g/mol. The van der Waals surface area contributed by atoms with E-state index in [4.69, 9.17) is 21.1 Å². The molecule has 8 nitrogen and oxygen atoms in total. The minimum Gasteiger partial charge on any atom is -0.493 e. The lowest BCUT2D eigenvalue weighted by Gasteiger charge is -2.36. The number of hydrogen-bond acceptors (Lipinski definition) is 5. The van der Waals surface area contributed by atoms with Crippen molar-refractivity contribution in [1.82, 2.24) is 19.4 Å². The van der Waals surface area contributed by atoms with Gasteiger partial charge in [-0.25, -0.2) is 9.78 Å². The predicted molar refractivity (Wildman–Crippen MR) is 158 cm³/mol. The van der Waals surface area contributed by atoms with E-state index in [1.54, 1.807) is 7.11 Å². The number of hydrogen-bond donors (Lipinski definition) is 0. The molecule has 9 heteroatoms. The number of nitrogens with zero attached hydrogens (tertiary/aromatic N) is 5. The van der Waals surface area contributed by atoms with E-state index in [0.29, 0.717) is 42.8 Å². The summed E-state index contributed by atoms with van der Waals surface area (Å²) in [5.41, 5.74) is 2.57. The number of unbranched alkanes of at least 4 members (excludes halogenated alkanes) is 2. The molecule has 3 aromatic rings. The Labute approximate surface area is 237 Å². The molecule has 3 heterocycles. The van der Waals surface area contributed by atoms with Crippen LogP contribution in [0.3, 0.4) is 0 Å². The summed E-state index contributed by atoms with van der Waals surface area (Å²) in [5.74, 6) is 1.34. The minimum atomic E-state index is -0.0762. The molecule has 2 amide bonds. The van der Waals surface area contributed by atoms with Crippen molar-refractivity contribution in [1.29, 1.82) is 0 Å². The highest BCUT2D eigenvalue weighted by Gasteiger charge is 2.29. The molecule has 212 valence electrons. The van der Waals surface area contributed by atoms with Gasteiger partial charge >= 0.3 is 6.03 Å². The quantitative estimate of drug-likeness (QED) is 0.241. The third-order valence-electron chi connectivity index (χ3n) is 7.70. The number of fused-ring (bicyclic) bond motifs is 1. The van der Waals surface area contributed by atoms with Gasteiger partial charge in [0.25, 0.3) is 0 Å². The normalized spacial score (nSPS) is 14.5. The first kappa shape index (κ1) is 29.0. The molecule has 0 radical (unpaired) electrons. The molecule has 1 saturated heterocycles. The fourth-order valence-electron chi connectivity index (χ4n) is 4.89. The number of urea groups is 1. The number of carbonyl (C=O) groups excluding carboxylic acids is 1. The number of aromatic nitrogens is 2. The maximum absolute atomic E-state index is 13.7. The van der Waals surface area contributed by atoms with Crippen molar-refractivity contribution in [2.24, 2.45) is 0 Å². The van der Waals surface area contributed by atoms with Crippen LogP contribution in [0.25, 0.3) is 11.0 Å². The number of methoxy groups -OCH3 is 1. The largest absolute Gasteiger partial charge is 0.493 e. The summed E-state index contributed by atoms with van der Waals surface area (Å²) in [5, 5.41) is 1.56. The van der Waals surface area contributed by atoms with Crippen LogP contribution in [0, 0.1) is 0 Å². The Kier molecular flexibility index (Phi) is 9.28. The van der Waals surface area contributed by atoms with Gasteiger partial charge in [-0.1, -0.05) is 31.4 Å². The van der Waals surface area contributed by atoms with E-state index in [1.807, 2.05) is 46.5 Å². The average Bonchev–Trinajstić information content (AvgIpc) is 3.22. The highest BCUT2D eigenvalue weighted by atomic mass is 35.5. The number of anilines is 1. The van der Waals surface area contributed by atoms with Gasteiger partial charge < -0.3 is 23.8 Å². The van der Waals surface area contributed by atoms with E-state index in [2.05, 4.69) is 49.3 Å². The van der Waals surface area contributed by atoms with Gasteiger partial charge in [0.2, 0.25) is 0 Å². The maximum atomic E-state index is 13.7. The number of likely N-dealkylation sites (N-methyl/N-ethyl adjacent to an activating group) is 1. The molecule has 39 heavy (non-hydrogen) atoms. The SMILES string of the molecule is CCCCCOc1cc(N2CCCN(Cc3ccnc4c3c(Cl)cn4CC(C)(C)N(C)C)C2=O)ccc1OC. The Morgan fingerprint density at radius 3 is 2.64 bits per heavy atom. The zero-order valence-corrected chi connectivity index (χ0v) is 24.9. The molecule has 1 aliphatic rings. The van der Waals surface area contributed by atoms with Gasteiger partial charge in [-0.05, 0) is 64.5 Å². The predicted octanol–water partition coefficient (Wildman–Crippen LogP) is 6.44. The number of ether oxygens (including phenoxy) is 2. The summed E-state index contributed by atoms with van der Waals surface area (Å²) in [4.78, 5) is 24.3. The number of benzene rings is 1. The van der Waals surface area contributed by atoms with Crippen molar-refractivity contribution < 1.29 is 14.3 Å². The third kappa shape index (κ3) is 6.44. The Hall–Kier alpha value is -2.97. The highest BCUT2D eigenvalue weighted by Crippen LogP contribution is 2.34. The average molecular weight is 556 g/mol. The van der Waals surface area contributed by atoms with E-state index in [9.17, 15) is 4.79 Å². The van der Waals surface area contributed by atoms with Crippen LogP contribution >= 0.6 is 11.6 Å². The molecule has 0 atom stereocenters. The molecule has 0 aliphatic carbocycles. The lowest BCUT2D eigenvalue weighted by atomic mass is 10.0. The summed E-state index contributed by atoms with van der Waals surface area (Å²) in [6.07, 6.45) is 7.86. The van der Waals surface area contributed by atoms with Gasteiger partial charge in [0.05, 0.1) is 18.7 Å². The second kappa shape index (κ2) is 12.5. The Morgan fingerprint density at radius 1 is 1.13 bits per heavy atom. The zero-order valence-electron chi connectivity index (χ0n) is 24.2. The van der Waals surface area contributed by atoms with Crippen LogP contribution in [-0.2, 0) is 13.1 Å². The van der Waals surface area contributed by atoms with Gasteiger partial charge in [-0.15, -0.1) is 0 Å². The fraction of sp³-hybridized carbons (Fsp3) is 0.533. The van der Waals surface area contributed by atoms with Crippen LogP contribution in [-0.4, -0.2) is 71.8 Å². The van der Waals surface area contributed by atoms with Gasteiger partial charge in [0.15, 0.2) is 11.5 Å². The molecule has 0 N–H and O–H groups in total. The lowest BCUT2D eigenvalue weighted by Crippen LogP contribution is -2.49. The molecule has 1 aliphatic heterocycles. The van der Waals surface area contributed by atoms with Crippen molar-refractivity contribution in [2.45, 2.75) is 65.1 Å². The lowest BCUT2D eigenvalue weighted by molar-refractivity contribution is 0.171. The molecule has 4 rings (SSSR count). The summed E-state index contributed by atoms with van der Waals surface area (Å²) >= 11 is 6.76. The van der Waals surface area contributed by atoms with Crippen LogP contribution in [0.5, 0.6) is 11.5 Å². The van der Waals surface area contributed by atoms with Crippen LogP contribution < -0.4 is 14.4 Å². The van der Waals surface area contributed by atoms with Crippen molar-refractivity contribution in [2.75, 3.05) is 45.8 Å². The molecular formula is C30H42ClN5O3. The standard InChI is InChI=1S/C30H42ClN5O3/c1-7-8-9-17-39-26-18-23(11-12-25(26)38-6)36-16-10-15-34(29(36)37)19-22-13-14-32-28-27(22)24(31)20-35(28)21-30(2,3)33(4)5/h11-14,18,20H,7-10,15-17,19,21H2,1-6H3. The van der Waals surface area contributed by atoms with Crippen LogP contribution in [0.2, 0.25) is 5.02 Å². The van der Waals surface area contributed by atoms with Crippen molar-refractivity contribution in [3.63, 3.8) is 0 Å². The van der Waals surface area contributed by atoms with Gasteiger partial charge in [-0.3, -0.25) is 4.90 Å².